The number of nitrogens with zero attached hydrogens (tertiary/aromatic N) is 4. The van der Waals surface area contributed by atoms with Gasteiger partial charge in [-0.15, -0.1) is 0 Å². The van der Waals surface area contributed by atoms with Crippen molar-refractivity contribution in [2.24, 2.45) is 14.1 Å². The molecule has 1 N–H and O–H groups in total. The number of aryl methyl sites for hydroxylation is 2. The molecule has 0 fully saturated rings. The lowest BCUT2D eigenvalue weighted by atomic mass is 10.0. The monoisotopic (exact) mass is 481 g/mol. The quantitative estimate of drug-likeness (QED) is 0.450. The smallest absolute Gasteiger partial charge is 0.261 e. The van der Waals surface area contributed by atoms with Crippen molar-refractivity contribution in [1.29, 1.82) is 5.26 Å². The van der Waals surface area contributed by atoms with E-state index >= 15 is 0 Å². The molecule has 11 heteroatoms. The first kappa shape index (κ1) is 23.0. The lowest BCUT2D eigenvalue weighted by Gasteiger charge is -2.15. The molecular weight excluding hydrogens is 461 g/mol. The first-order chi connectivity index (χ1) is 16.1. The predicted octanol–water partition coefficient (Wildman–Crippen LogP) is 3.50. The van der Waals surface area contributed by atoms with Gasteiger partial charge < -0.3 is 9.30 Å². The van der Waals surface area contributed by atoms with Gasteiger partial charge in [-0.2, -0.15) is 10.4 Å². The second kappa shape index (κ2) is 8.64. The van der Waals surface area contributed by atoms with E-state index in [0.29, 0.717) is 22.0 Å². The lowest BCUT2D eigenvalue weighted by Crippen LogP contribution is -2.16. The van der Waals surface area contributed by atoms with Gasteiger partial charge in [-0.3, -0.25) is 14.2 Å². The minimum Gasteiger partial charge on any atom is -0.454 e. The van der Waals surface area contributed by atoms with Crippen LogP contribution in [0.2, 0.25) is 0 Å². The Morgan fingerprint density at radius 3 is 2.53 bits per heavy atom. The Bertz CT molecular complexity index is 1630. The molecule has 0 bridgehead atoms. The number of nitriles is 1. The number of nitrogens with one attached hydrogen (secondary N) is 1. The third-order valence-corrected chi connectivity index (χ3v) is 6.47. The molecule has 4 rings (SSSR count). The second-order valence-corrected chi connectivity index (χ2v) is 9.61. The number of sulfonamides is 1. The molecule has 0 unspecified atom stereocenters. The number of aromatic nitrogens is 3. The van der Waals surface area contributed by atoms with Crippen LogP contribution in [-0.4, -0.2) is 28.5 Å². The number of hydrogen-bond donors (Lipinski definition) is 1. The van der Waals surface area contributed by atoms with Crippen LogP contribution in [0.15, 0.2) is 53.6 Å². The van der Waals surface area contributed by atoms with Crippen molar-refractivity contribution in [3.05, 3.63) is 70.5 Å². The van der Waals surface area contributed by atoms with Gasteiger partial charge in [0.25, 0.3) is 5.56 Å². The summed E-state index contributed by atoms with van der Waals surface area (Å²) in [5, 5.41) is 13.7. The van der Waals surface area contributed by atoms with Crippen LogP contribution in [0, 0.1) is 17.1 Å². The first-order valence-electron chi connectivity index (χ1n) is 10.2. The molecule has 0 radical (unpaired) electrons. The van der Waals surface area contributed by atoms with E-state index in [2.05, 4.69) is 9.82 Å². The summed E-state index contributed by atoms with van der Waals surface area (Å²) in [5.41, 5.74) is 1.41. The maximum atomic E-state index is 14.5. The number of benzene rings is 2. The summed E-state index contributed by atoms with van der Waals surface area (Å²) < 4.78 is 50.0. The van der Waals surface area contributed by atoms with E-state index in [1.54, 1.807) is 26.5 Å². The number of rotatable bonds is 6. The van der Waals surface area contributed by atoms with Gasteiger partial charge in [0.1, 0.15) is 11.3 Å². The van der Waals surface area contributed by atoms with Crippen molar-refractivity contribution in [2.75, 3.05) is 10.5 Å². The van der Waals surface area contributed by atoms with E-state index in [0.717, 1.165) is 6.07 Å². The average Bonchev–Trinajstić information content (AvgIpc) is 3.20. The highest BCUT2D eigenvalue weighted by Gasteiger charge is 2.19. The fourth-order valence-electron chi connectivity index (χ4n) is 3.46. The van der Waals surface area contributed by atoms with Crippen molar-refractivity contribution >= 4 is 26.6 Å². The molecular formula is C23H20FN5O4S. The van der Waals surface area contributed by atoms with Crippen LogP contribution >= 0.6 is 0 Å². The predicted molar refractivity (Wildman–Crippen MR) is 126 cm³/mol. The number of pyridine rings is 1. The van der Waals surface area contributed by atoms with E-state index in [4.69, 9.17) is 10.00 Å². The van der Waals surface area contributed by atoms with Gasteiger partial charge in [0.15, 0.2) is 11.6 Å². The Morgan fingerprint density at radius 2 is 1.85 bits per heavy atom. The third-order valence-electron chi connectivity index (χ3n) is 5.16. The SMILES string of the molecule is CCS(=O)(=O)Nc1ccc(Oc2ccc(C#N)cc2F)c(-c2cn(C)c(=O)c3cn(C)nc23)c1. The van der Waals surface area contributed by atoms with Crippen molar-refractivity contribution in [1.82, 2.24) is 14.3 Å². The second-order valence-electron chi connectivity index (χ2n) is 7.60. The molecule has 0 aliphatic rings. The number of hydrogen-bond acceptors (Lipinski definition) is 6. The van der Waals surface area contributed by atoms with Gasteiger partial charge in [0, 0.05) is 43.3 Å². The highest BCUT2D eigenvalue weighted by Crippen LogP contribution is 2.38. The summed E-state index contributed by atoms with van der Waals surface area (Å²) in [6, 6.07) is 10.2. The summed E-state index contributed by atoms with van der Waals surface area (Å²) in [5.74, 6) is -0.774. The van der Waals surface area contributed by atoms with Crippen molar-refractivity contribution in [3.63, 3.8) is 0 Å². The van der Waals surface area contributed by atoms with Gasteiger partial charge >= 0.3 is 0 Å². The van der Waals surface area contributed by atoms with E-state index < -0.39 is 15.8 Å². The van der Waals surface area contributed by atoms with Gasteiger partial charge in [-0.05, 0) is 43.3 Å². The highest BCUT2D eigenvalue weighted by atomic mass is 32.2. The average molecular weight is 482 g/mol. The summed E-state index contributed by atoms with van der Waals surface area (Å²) in [6.07, 6.45) is 3.15. The molecule has 0 atom stereocenters. The molecule has 4 aromatic rings. The van der Waals surface area contributed by atoms with Crippen LogP contribution in [0.5, 0.6) is 11.5 Å². The molecule has 0 aliphatic carbocycles. The first-order valence-corrected chi connectivity index (χ1v) is 11.8. The number of ether oxygens (including phenoxy) is 1. The van der Waals surface area contributed by atoms with E-state index in [-0.39, 0.29) is 34.1 Å². The molecule has 0 spiro atoms. The van der Waals surface area contributed by atoms with E-state index in [9.17, 15) is 17.6 Å². The third kappa shape index (κ3) is 4.35. The van der Waals surface area contributed by atoms with Crippen LogP contribution in [0.1, 0.15) is 12.5 Å². The van der Waals surface area contributed by atoms with Crippen LogP contribution in [-0.2, 0) is 24.1 Å². The van der Waals surface area contributed by atoms with E-state index in [1.807, 2.05) is 6.07 Å². The van der Waals surface area contributed by atoms with Crippen LogP contribution in [0.25, 0.3) is 22.0 Å². The Hall–Kier alpha value is -4.17. The number of fused-ring (bicyclic) bond motifs is 1. The zero-order chi connectivity index (χ0) is 24.6. The van der Waals surface area contributed by atoms with Gasteiger partial charge in [-0.25, -0.2) is 12.8 Å². The van der Waals surface area contributed by atoms with Crippen LogP contribution in [0.3, 0.4) is 0 Å². The minimum absolute atomic E-state index is 0.121. The standard InChI is InChI=1S/C23H20FN5O4S/c1-4-34(31,32)27-15-6-8-20(33-21-7-5-14(11-25)9-19(21)24)16(10-15)17-12-28(2)23(30)18-13-29(3)26-22(17)18/h5-10,12-13,27H,4H2,1-3H3. The van der Waals surface area contributed by atoms with Crippen LogP contribution in [0.4, 0.5) is 10.1 Å². The summed E-state index contributed by atoms with van der Waals surface area (Å²) in [6.45, 7) is 1.51. The van der Waals surface area contributed by atoms with Gasteiger partial charge in [0.2, 0.25) is 10.0 Å². The molecule has 0 amide bonds. The summed E-state index contributed by atoms with van der Waals surface area (Å²) in [7, 11) is -0.302. The van der Waals surface area contributed by atoms with Gasteiger partial charge in [-0.1, -0.05) is 0 Å². The minimum atomic E-state index is -3.57. The Kier molecular flexibility index (Phi) is 5.85. The molecule has 0 saturated heterocycles. The maximum Gasteiger partial charge on any atom is 0.261 e. The molecule has 34 heavy (non-hydrogen) atoms. The lowest BCUT2D eigenvalue weighted by molar-refractivity contribution is 0.443. The molecule has 2 heterocycles. The Morgan fingerprint density at radius 1 is 1.12 bits per heavy atom. The summed E-state index contributed by atoms with van der Waals surface area (Å²) >= 11 is 0. The van der Waals surface area contributed by atoms with Crippen molar-refractivity contribution in [3.8, 4) is 28.7 Å². The molecule has 0 aliphatic heterocycles. The number of anilines is 1. The molecule has 174 valence electrons. The largest absolute Gasteiger partial charge is 0.454 e. The topological polar surface area (TPSA) is 119 Å². The fourth-order valence-corrected chi connectivity index (χ4v) is 4.09. The molecule has 0 saturated carbocycles. The normalized spacial score (nSPS) is 11.4. The van der Waals surface area contributed by atoms with E-state index in [1.165, 1.54) is 46.5 Å². The zero-order valence-electron chi connectivity index (χ0n) is 18.5. The Labute approximate surface area is 194 Å². The molecule has 2 aromatic carbocycles. The molecule has 2 aromatic heterocycles. The zero-order valence-corrected chi connectivity index (χ0v) is 19.4. The fraction of sp³-hybridized carbons (Fsp3) is 0.174. The highest BCUT2D eigenvalue weighted by molar-refractivity contribution is 7.92. The van der Waals surface area contributed by atoms with Crippen molar-refractivity contribution in [2.45, 2.75) is 6.92 Å². The van der Waals surface area contributed by atoms with Gasteiger partial charge in [0.05, 0.1) is 22.8 Å². The Balaban J connectivity index is 1.94. The van der Waals surface area contributed by atoms with Crippen molar-refractivity contribution < 1.29 is 17.5 Å². The maximum absolute atomic E-state index is 14.5. The number of halogens is 1. The molecule has 9 nitrogen and oxygen atoms in total. The van der Waals surface area contributed by atoms with Crippen LogP contribution < -0.4 is 15.0 Å². The summed E-state index contributed by atoms with van der Waals surface area (Å²) in [4.78, 5) is 12.6.